The molecule has 0 saturated carbocycles. The van der Waals surface area contributed by atoms with Gasteiger partial charge in [0.05, 0.1) is 11.9 Å². The first-order valence-electron chi connectivity index (χ1n) is 8.20. The van der Waals surface area contributed by atoms with Gasteiger partial charge in [-0.1, -0.05) is 6.07 Å². The molecule has 0 atom stereocenters. The summed E-state index contributed by atoms with van der Waals surface area (Å²) < 4.78 is 5.63. The topological polar surface area (TPSA) is 80.2 Å². The van der Waals surface area contributed by atoms with Crippen LogP contribution >= 0.6 is 11.3 Å². The van der Waals surface area contributed by atoms with E-state index >= 15 is 0 Å². The van der Waals surface area contributed by atoms with Gasteiger partial charge in [0.15, 0.2) is 5.13 Å². The second-order valence-corrected chi connectivity index (χ2v) is 7.09. The number of ether oxygens (including phenoxy) is 1. The zero-order chi connectivity index (χ0) is 17.9. The van der Waals surface area contributed by atoms with Crippen LogP contribution in [-0.2, 0) is 13.0 Å². The van der Waals surface area contributed by atoms with E-state index in [9.17, 15) is 4.79 Å². The summed E-state index contributed by atoms with van der Waals surface area (Å²) in [6, 6.07) is 6.94. The van der Waals surface area contributed by atoms with Gasteiger partial charge in [-0.25, -0.2) is 9.97 Å². The lowest BCUT2D eigenvalue weighted by Crippen LogP contribution is -2.25. The van der Waals surface area contributed by atoms with Gasteiger partial charge in [-0.2, -0.15) is 0 Å². The summed E-state index contributed by atoms with van der Waals surface area (Å²) >= 11 is 1.53. The normalized spacial score (nSPS) is 13.9. The van der Waals surface area contributed by atoms with Gasteiger partial charge < -0.3 is 9.64 Å². The zero-order valence-electron chi connectivity index (χ0n) is 14.2. The molecule has 8 heteroatoms. The molecule has 26 heavy (non-hydrogen) atoms. The number of amides is 1. The fraction of sp³-hybridized carbons (Fsp3) is 0.222. The van der Waals surface area contributed by atoms with Crippen molar-refractivity contribution in [1.29, 1.82) is 0 Å². The number of likely N-dealkylation sites (N-methyl/N-ethyl adjacent to an activating group) is 1. The van der Waals surface area contributed by atoms with Crippen molar-refractivity contribution in [3.05, 3.63) is 59.0 Å². The number of carbonyl (C=O) groups excluding carboxylic acids is 1. The molecule has 0 spiro atoms. The van der Waals surface area contributed by atoms with Crippen LogP contribution in [0.3, 0.4) is 0 Å². The number of fused-ring (bicyclic) bond motifs is 1. The maximum Gasteiger partial charge on any atom is 0.257 e. The highest BCUT2D eigenvalue weighted by Gasteiger charge is 2.19. The van der Waals surface area contributed by atoms with Crippen LogP contribution in [0.4, 0.5) is 5.13 Å². The number of carbonyl (C=O) groups is 1. The Hall–Kier alpha value is -2.84. The highest BCUT2D eigenvalue weighted by Crippen LogP contribution is 2.28. The molecule has 0 aliphatic carbocycles. The molecule has 132 valence electrons. The Balaban J connectivity index is 1.47. The third-order valence-corrected chi connectivity index (χ3v) is 5.00. The Morgan fingerprint density at radius 1 is 1.35 bits per heavy atom. The monoisotopic (exact) mass is 367 g/mol. The van der Waals surface area contributed by atoms with Crippen LogP contribution in [0.2, 0.25) is 0 Å². The molecule has 1 N–H and O–H groups in total. The number of nitrogens with one attached hydrogen (secondary N) is 1. The van der Waals surface area contributed by atoms with Crippen LogP contribution in [0.5, 0.6) is 11.6 Å². The van der Waals surface area contributed by atoms with Gasteiger partial charge in [0.25, 0.3) is 5.91 Å². The molecule has 0 unspecified atom stereocenters. The first-order valence-corrected chi connectivity index (χ1v) is 9.01. The average Bonchev–Trinajstić information content (AvgIpc) is 3.04. The van der Waals surface area contributed by atoms with E-state index in [2.05, 4.69) is 32.2 Å². The minimum atomic E-state index is -0.214. The smallest absolute Gasteiger partial charge is 0.257 e. The van der Waals surface area contributed by atoms with E-state index in [0.29, 0.717) is 22.3 Å². The van der Waals surface area contributed by atoms with Gasteiger partial charge in [0, 0.05) is 42.3 Å². The molecule has 1 aliphatic heterocycles. The predicted octanol–water partition coefficient (Wildman–Crippen LogP) is 2.97. The highest BCUT2D eigenvalue weighted by molar-refractivity contribution is 7.15. The molecule has 0 radical (unpaired) electrons. The quantitative estimate of drug-likeness (QED) is 0.764. The Morgan fingerprint density at radius 3 is 3.12 bits per heavy atom. The lowest BCUT2D eigenvalue weighted by Gasteiger charge is -2.20. The second kappa shape index (κ2) is 7.19. The Kier molecular flexibility index (Phi) is 4.59. The molecule has 4 rings (SSSR count). The molecular formula is C18H17N5O2S. The highest BCUT2D eigenvalue weighted by atomic mass is 32.1. The van der Waals surface area contributed by atoms with Crippen molar-refractivity contribution < 1.29 is 9.53 Å². The van der Waals surface area contributed by atoms with Crippen LogP contribution < -0.4 is 10.1 Å². The lowest BCUT2D eigenvalue weighted by atomic mass is 10.2. The molecule has 0 fully saturated rings. The maximum absolute atomic E-state index is 12.6. The summed E-state index contributed by atoms with van der Waals surface area (Å²) in [5.74, 6) is 0.689. The maximum atomic E-state index is 12.6. The summed E-state index contributed by atoms with van der Waals surface area (Å²) in [5.41, 5.74) is 1.58. The average molecular weight is 367 g/mol. The van der Waals surface area contributed by atoms with Gasteiger partial charge in [-0.15, -0.1) is 11.3 Å². The number of hydrogen-bond acceptors (Lipinski definition) is 7. The van der Waals surface area contributed by atoms with Gasteiger partial charge in [-0.3, -0.25) is 15.1 Å². The van der Waals surface area contributed by atoms with Crippen molar-refractivity contribution in [3.8, 4) is 11.6 Å². The van der Waals surface area contributed by atoms with Crippen LogP contribution in [-0.4, -0.2) is 39.4 Å². The van der Waals surface area contributed by atoms with Crippen LogP contribution in [0.15, 0.2) is 42.9 Å². The molecular weight excluding hydrogens is 350 g/mol. The number of nitrogens with zero attached hydrogens (tertiary/aromatic N) is 4. The van der Waals surface area contributed by atoms with Crippen LogP contribution in [0, 0.1) is 0 Å². The zero-order valence-corrected chi connectivity index (χ0v) is 15.0. The molecule has 1 amide bonds. The van der Waals surface area contributed by atoms with E-state index in [1.54, 1.807) is 36.7 Å². The molecule has 3 aromatic rings. The molecule has 7 nitrogen and oxygen atoms in total. The van der Waals surface area contributed by atoms with Crippen molar-refractivity contribution in [2.24, 2.45) is 0 Å². The number of thiazole rings is 1. The molecule has 3 heterocycles. The molecule has 1 aromatic carbocycles. The number of rotatable bonds is 4. The first-order chi connectivity index (χ1) is 12.7. The first kappa shape index (κ1) is 16.6. The molecule has 0 bridgehead atoms. The van der Waals surface area contributed by atoms with E-state index < -0.39 is 0 Å². The van der Waals surface area contributed by atoms with E-state index in [1.165, 1.54) is 22.4 Å². The van der Waals surface area contributed by atoms with Gasteiger partial charge >= 0.3 is 0 Å². The molecule has 0 saturated heterocycles. The van der Waals surface area contributed by atoms with E-state index in [1.807, 2.05) is 0 Å². The van der Waals surface area contributed by atoms with Gasteiger partial charge in [0.2, 0.25) is 5.88 Å². The Labute approximate surface area is 154 Å². The second-order valence-electron chi connectivity index (χ2n) is 6.00. The number of hydrogen-bond donors (Lipinski definition) is 1. The fourth-order valence-corrected chi connectivity index (χ4v) is 3.79. The molecule has 2 aromatic heterocycles. The standard InChI is InChI=1S/C18H17N5O2S/c1-23-8-5-14-15(11-23)26-18(21-14)22-17(24)12-3-2-4-13(9-12)25-16-10-19-6-7-20-16/h2-4,6-7,9-10H,5,8,11H2,1H3,(H,21,22,24). The van der Waals surface area contributed by atoms with Crippen molar-refractivity contribution in [1.82, 2.24) is 19.9 Å². The van der Waals surface area contributed by atoms with Crippen molar-refractivity contribution in [3.63, 3.8) is 0 Å². The SMILES string of the molecule is CN1CCc2nc(NC(=O)c3cccc(Oc4cnccn4)c3)sc2C1. The van der Waals surface area contributed by atoms with Crippen molar-refractivity contribution in [2.45, 2.75) is 13.0 Å². The number of aromatic nitrogens is 3. The third kappa shape index (κ3) is 3.71. The van der Waals surface area contributed by atoms with Crippen LogP contribution in [0.25, 0.3) is 0 Å². The third-order valence-electron chi connectivity index (χ3n) is 4.00. The summed E-state index contributed by atoms with van der Waals surface area (Å²) in [5, 5.41) is 3.52. The summed E-state index contributed by atoms with van der Waals surface area (Å²) in [7, 11) is 2.09. The Bertz CT molecular complexity index is 928. The molecule has 1 aliphatic rings. The van der Waals surface area contributed by atoms with Crippen molar-refractivity contribution >= 4 is 22.4 Å². The Morgan fingerprint density at radius 2 is 2.27 bits per heavy atom. The summed E-state index contributed by atoms with van der Waals surface area (Å²) in [4.78, 5) is 28.6. The van der Waals surface area contributed by atoms with E-state index in [0.717, 1.165) is 25.2 Å². The minimum Gasteiger partial charge on any atom is -0.437 e. The van der Waals surface area contributed by atoms with Gasteiger partial charge in [0.1, 0.15) is 5.75 Å². The number of anilines is 1. The lowest BCUT2D eigenvalue weighted by molar-refractivity contribution is 0.102. The van der Waals surface area contributed by atoms with Crippen molar-refractivity contribution in [2.75, 3.05) is 18.9 Å². The van der Waals surface area contributed by atoms with E-state index in [4.69, 9.17) is 4.74 Å². The predicted molar refractivity (Wildman–Crippen MR) is 98.7 cm³/mol. The summed E-state index contributed by atoms with van der Waals surface area (Å²) in [6.07, 6.45) is 5.55. The minimum absolute atomic E-state index is 0.214. The van der Waals surface area contributed by atoms with Gasteiger partial charge in [-0.05, 0) is 25.2 Å². The largest absolute Gasteiger partial charge is 0.437 e. The number of benzene rings is 1. The van der Waals surface area contributed by atoms with Crippen LogP contribution in [0.1, 0.15) is 20.9 Å². The van der Waals surface area contributed by atoms with E-state index in [-0.39, 0.29) is 5.91 Å². The summed E-state index contributed by atoms with van der Waals surface area (Å²) in [6.45, 7) is 1.87. The fourth-order valence-electron chi connectivity index (χ4n) is 2.71.